The van der Waals surface area contributed by atoms with Crippen molar-refractivity contribution in [3.8, 4) is 11.5 Å². The van der Waals surface area contributed by atoms with Gasteiger partial charge in [0.05, 0.1) is 20.8 Å². The minimum absolute atomic E-state index is 0.0911. The normalized spacial score (nSPS) is 9.91. The van der Waals surface area contributed by atoms with Crippen molar-refractivity contribution in [2.75, 3.05) is 26.1 Å². The first kappa shape index (κ1) is 15.6. The molecule has 1 aromatic carbocycles. The molecular formula is C16H19N3O3. The Bertz CT molecular complexity index is 617. The van der Waals surface area contributed by atoms with E-state index in [9.17, 15) is 4.79 Å². The number of aromatic nitrogens is 1. The van der Waals surface area contributed by atoms with Gasteiger partial charge >= 0.3 is 0 Å². The number of carbonyl (C=O) groups is 1. The molecule has 0 saturated carbocycles. The van der Waals surface area contributed by atoms with E-state index in [1.165, 1.54) is 0 Å². The summed E-state index contributed by atoms with van der Waals surface area (Å²) >= 11 is 0. The molecule has 2 rings (SSSR count). The predicted molar refractivity (Wildman–Crippen MR) is 84.1 cm³/mol. The van der Waals surface area contributed by atoms with Gasteiger partial charge in [0.2, 0.25) is 5.91 Å². The molecule has 1 aromatic heterocycles. The summed E-state index contributed by atoms with van der Waals surface area (Å²) in [5.74, 6) is 1.17. The summed E-state index contributed by atoms with van der Waals surface area (Å²) in [5, 5.41) is 5.88. The van der Waals surface area contributed by atoms with Crippen LogP contribution in [0.25, 0.3) is 0 Å². The van der Waals surface area contributed by atoms with Crippen molar-refractivity contribution in [2.45, 2.75) is 6.54 Å². The molecule has 0 aliphatic rings. The van der Waals surface area contributed by atoms with Crippen molar-refractivity contribution in [1.82, 2.24) is 10.3 Å². The standard InChI is InChI=1S/C16H19N3O3/c1-21-14-4-3-13(9-15(14)22-2)18-11-16(20)19-10-12-5-7-17-8-6-12/h3-9,18H,10-11H2,1-2H3,(H,19,20). The van der Waals surface area contributed by atoms with Crippen LogP contribution < -0.4 is 20.1 Å². The third-order valence-corrected chi connectivity index (χ3v) is 3.08. The van der Waals surface area contributed by atoms with E-state index in [1.807, 2.05) is 18.2 Å². The minimum atomic E-state index is -0.0911. The van der Waals surface area contributed by atoms with Gasteiger partial charge in [-0.25, -0.2) is 0 Å². The molecule has 22 heavy (non-hydrogen) atoms. The van der Waals surface area contributed by atoms with Gasteiger partial charge in [0, 0.05) is 30.7 Å². The lowest BCUT2D eigenvalue weighted by Gasteiger charge is -2.11. The van der Waals surface area contributed by atoms with Gasteiger partial charge in [0.25, 0.3) is 0 Å². The molecule has 116 valence electrons. The number of methoxy groups -OCH3 is 2. The third-order valence-electron chi connectivity index (χ3n) is 3.08. The number of anilines is 1. The Hall–Kier alpha value is -2.76. The van der Waals surface area contributed by atoms with Crippen molar-refractivity contribution in [2.24, 2.45) is 0 Å². The van der Waals surface area contributed by atoms with Crippen LogP contribution in [0.5, 0.6) is 11.5 Å². The lowest BCUT2D eigenvalue weighted by atomic mass is 10.2. The van der Waals surface area contributed by atoms with Crippen molar-refractivity contribution in [3.63, 3.8) is 0 Å². The average Bonchev–Trinajstić information content (AvgIpc) is 2.58. The molecule has 2 aromatic rings. The topological polar surface area (TPSA) is 72.5 Å². The molecule has 0 radical (unpaired) electrons. The van der Waals surface area contributed by atoms with E-state index in [0.717, 1.165) is 11.3 Å². The fourth-order valence-corrected chi connectivity index (χ4v) is 1.89. The molecule has 0 atom stereocenters. The van der Waals surface area contributed by atoms with E-state index in [1.54, 1.807) is 38.7 Å². The lowest BCUT2D eigenvalue weighted by molar-refractivity contribution is -0.119. The maximum Gasteiger partial charge on any atom is 0.239 e. The maximum absolute atomic E-state index is 11.8. The molecule has 6 nitrogen and oxygen atoms in total. The largest absolute Gasteiger partial charge is 0.493 e. The summed E-state index contributed by atoms with van der Waals surface area (Å²) in [6.07, 6.45) is 3.40. The van der Waals surface area contributed by atoms with Gasteiger partial charge in [0.1, 0.15) is 0 Å². The van der Waals surface area contributed by atoms with Crippen molar-refractivity contribution in [1.29, 1.82) is 0 Å². The highest BCUT2D eigenvalue weighted by Gasteiger charge is 2.06. The lowest BCUT2D eigenvalue weighted by Crippen LogP contribution is -2.29. The van der Waals surface area contributed by atoms with Crippen LogP contribution in [0.1, 0.15) is 5.56 Å². The number of nitrogens with zero attached hydrogens (tertiary/aromatic N) is 1. The Morgan fingerprint density at radius 1 is 1.09 bits per heavy atom. The molecule has 1 heterocycles. The van der Waals surface area contributed by atoms with Crippen LogP contribution in [0.15, 0.2) is 42.7 Å². The van der Waals surface area contributed by atoms with E-state index in [2.05, 4.69) is 15.6 Å². The maximum atomic E-state index is 11.8. The highest BCUT2D eigenvalue weighted by molar-refractivity contribution is 5.80. The second-order valence-corrected chi connectivity index (χ2v) is 4.56. The molecule has 0 unspecified atom stereocenters. The van der Waals surface area contributed by atoms with E-state index in [4.69, 9.17) is 9.47 Å². The van der Waals surface area contributed by atoms with E-state index < -0.39 is 0 Å². The number of benzene rings is 1. The van der Waals surface area contributed by atoms with Gasteiger partial charge in [-0.05, 0) is 29.8 Å². The summed E-state index contributed by atoms with van der Waals surface area (Å²) in [5.41, 5.74) is 1.80. The van der Waals surface area contributed by atoms with Crippen LogP contribution in [-0.2, 0) is 11.3 Å². The highest BCUT2D eigenvalue weighted by atomic mass is 16.5. The summed E-state index contributed by atoms with van der Waals surface area (Å²) in [7, 11) is 3.15. The first-order valence-corrected chi connectivity index (χ1v) is 6.84. The van der Waals surface area contributed by atoms with E-state index in [0.29, 0.717) is 18.0 Å². The number of carbonyl (C=O) groups excluding carboxylic acids is 1. The average molecular weight is 301 g/mol. The SMILES string of the molecule is COc1ccc(NCC(=O)NCc2ccncc2)cc1OC. The van der Waals surface area contributed by atoms with Crippen LogP contribution in [0.4, 0.5) is 5.69 Å². The number of hydrogen-bond acceptors (Lipinski definition) is 5. The minimum Gasteiger partial charge on any atom is -0.493 e. The number of ether oxygens (including phenoxy) is 2. The summed E-state index contributed by atoms with van der Waals surface area (Å²) in [6, 6.07) is 9.13. The molecule has 0 saturated heterocycles. The summed E-state index contributed by atoms with van der Waals surface area (Å²) in [6.45, 7) is 0.662. The predicted octanol–water partition coefficient (Wildman–Crippen LogP) is 1.83. The Labute approximate surface area is 129 Å². The molecule has 0 spiro atoms. The Kier molecular flexibility index (Phi) is 5.59. The van der Waals surface area contributed by atoms with Crippen LogP contribution >= 0.6 is 0 Å². The smallest absolute Gasteiger partial charge is 0.239 e. The van der Waals surface area contributed by atoms with Crippen molar-refractivity contribution < 1.29 is 14.3 Å². The van der Waals surface area contributed by atoms with Crippen LogP contribution in [-0.4, -0.2) is 31.7 Å². The molecule has 1 amide bonds. The molecule has 0 fully saturated rings. The van der Waals surface area contributed by atoms with Crippen molar-refractivity contribution in [3.05, 3.63) is 48.3 Å². The molecule has 6 heteroatoms. The van der Waals surface area contributed by atoms with Crippen LogP contribution in [0.2, 0.25) is 0 Å². The Morgan fingerprint density at radius 2 is 1.82 bits per heavy atom. The molecule has 0 aliphatic carbocycles. The zero-order valence-corrected chi connectivity index (χ0v) is 12.6. The Balaban J connectivity index is 1.83. The van der Waals surface area contributed by atoms with Gasteiger partial charge in [-0.2, -0.15) is 0 Å². The second kappa shape index (κ2) is 7.87. The zero-order chi connectivity index (χ0) is 15.8. The molecule has 0 aliphatic heterocycles. The summed E-state index contributed by atoms with van der Waals surface area (Å²) in [4.78, 5) is 15.8. The van der Waals surface area contributed by atoms with Gasteiger partial charge in [0.15, 0.2) is 11.5 Å². The molecule has 0 bridgehead atoms. The number of amides is 1. The first-order chi connectivity index (χ1) is 10.7. The highest BCUT2D eigenvalue weighted by Crippen LogP contribution is 2.29. The van der Waals surface area contributed by atoms with Gasteiger partial charge in [-0.1, -0.05) is 0 Å². The monoisotopic (exact) mass is 301 g/mol. The number of hydrogen-bond donors (Lipinski definition) is 2. The molecular weight excluding hydrogens is 282 g/mol. The van der Waals surface area contributed by atoms with E-state index in [-0.39, 0.29) is 12.5 Å². The second-order valence-electron chi connectivity index (χ2n) is 4.56. The van der Waals surface area contributed by atoms with Gasteiger partial charge in [-0.15, -0.1) is 0 Å². The fraction of sp³-hybridized carbons (Fsp3) is 0.250. The van der Waals surface area contributed by atoms with Crippen molar-refractivity contribution >= 4 is 11.6 Å². The summed E-state index contributed by atoms with van der Waals surface area (Å²) < 4.78 is 10.4. The Morgan fingerprint density at radius 3 is 2.50 bits per heavy atom. The third kappa shape index (κ3) is 4.37. The van der Waals surface area contributed by atoms with E-state index >= 15 is 0 Å². The number of nitrogens with one attached hydrogen (secondary N) is 2. The number of pyridine rings is 1. The van der Waals surface area contributed by atoms with Crippen LogP contribution in [0.3, 0.4) is 0 Å². The first-order valence-electron chi connectivity index (χ1n) is 6.84. The van der Waals surface area contributed by atoms with Crippen LogP contribution in [0, 0.1) is 0 Å². The fourth-order valence-electron chi connectivity index (χ4n) is 1.89. The van der Waals surface area contributed by atoms with Gasteiger partial charge < -0.3 is 20.1 Å². The van der Waals surface area contributed by atoms with Gasteiger partial charge in [-0.3, -0.25) is 9.78 Å². The zero-order valence-electron chi connectivity index (χ0n) is 12.6. The number of rotatable bonds is 7. The molecule has 2 N–H and O–H groups in total. The quantitative estimate of drug-likeness (QED) is 0.816.